The molecule has 152 valence electrons. The number of fused-ring (bicyclic) bond motifs is 1. The highest BCUT2D eigenvalue weighted by Crippen LogP contribution is 2.47. The predicted octanol–water partition coefficient (Wildman–Crippen LogP) is 3.66. The fraction of sp³-hybridized carbons (Fsp3) is 0.364. The van der Waals surface area contributed by atoms with Gasteiger partial charge in [-0.2, -0.15) is 0 Å². The summed E-state index contributed by atoms with van der Waals surface area (Å²) in [6.45, 7) is 3.68. The third-order valence-electron chi connectivity index (χ3n) is 5.50. The Labute approximate surface area is 175 Å². The summed E-state index contributed by atoms with van der Waals surface area (Å²) in [6.07, 6.45) is -0.820. The van der Waals surface area contributed by atoms with Crippen molar-refractivity contribution in [3.8, 4) is 0 Å². The van der Waals surface area contributed by atoms with Crippen LogP contribution in [0.25, 0.3) is 0 Å². The number of carbonyl (C=O) groups is 2. The number of anilines is 2. The van der Waals surface area contributed by atoms with Crippen LogP contribution in [0.4, 0.5) is 11.4 Å². The SMILES string of the molecule is CC(C)N1C(=O)C2ON(c3ccc(Cl)cc3)C(c3ccc(N(C)C)cc3)C2C1=O. The first-order valence-electron chi connectivity index (χ1n) is 9.65. The van der Waals surface area contributed by atoms with E-state index in [-0.39, 0.29) is 17.9 Å². The van der Waals surface area contributed by atoms with Crippen LogP contribution in [0.3, 0.4) is 0 Å². The zero-order valence-electron chi connectivity index (χ0n) is 16.9. The van der Waals surface area contributed by atoms with Gasteiger partial charge in [0.25, 0.3) is 5.91 Å². The van der Waals surface area contributed by atoms with Crippen molar-refractivity contribution in [1.29, 1.82) is 0 Å². The summed E-state index contributed by atoms with van der Waals surface area (Å²) in [5.41, 5.74) is 2.73. The third-order valence-corrected chi connectivity index (χ3v) is 5.75. The topological polar surface area (TPSA) is 53.1 Å². The molecule has 4 rings (SSSR count). The number of carbonyl (C=O) groups excluding carboxylic acids is 2. The second kappa shape index (κ2) is 7.35. The molecule has 2 aliphatic rings. The average molecular weight is 414 g/mol. The normalized spacial score (nSPS) is 23.9. The third kappa shape index (κ3) is 3.26. The van der Waals surface area contributed by atoms with Gasteiger partial charge in [0, 0.05) is 30.8 Å². The van der Waals surface area contributed by atoms with Crippen LogP contribution in [0.5, 0.6) is 0 Å². The average Bonchev–Trinajstić information content (AvgIpc) is 3.19. The Morgan fingerprint density at radius 1 is 0.966 bits per heavy atom. The molecule has 29 heavy (non-hydrogen) atoms. The van der Waals surface area contributed by atoms with Crippen LogP contribution in [-0.2, 0) is 14.4 Å². The molecule has 3 atom stereocenters. The van der Waals surface area contributed by atoms with Crippen LogP contribution < -0.4 is 9.96 Å². The maximum Gasteiger partial charge on any atom is 0.262 e. The van der Waals surface area contributed by atoms with E-state index in [1.54, 1.807) is 17.2 Å². The molecule has 2 aromatic carbocycles. The molecule has 2 heterocycles. The summed E-state index contributed by atoms with van der Waals surface area (Å²) in [6, 6.07) is 14.6. The van der Waals surface area contributed by atoms with Gasteiger partial charge in [0.1, 0.15) is 5.92 Å². The molecule has 0 spiro atoms. The largest absolute Gasteiger partial charge is 0.378 e. The van der Waals surface area contributed by atoms with Crippen molar-refractivity contribution < 1.29 is 14.4 Å². The number of imide groups is 1. The Bertz CT molecular complexity index is 927. The van der Waals surface area contributed by atoms with Gasteiger partial charge in [-0.15, -0.1) is 0 Å². The zero-order valence-corrected chi connectivity index (χ0v) is 17.6. The summed E-state index contributed by atoms with van der Waals surface area (Å²) in [7, 11) is 3.95. The first kappa shape index (κ1) is 19.7. The van der Waals surface area contributed by atoms with E-state index in [2.05, 4.69) is 0 Å². The lowest BCUT2D eigenvalue weighted by atomic mass is 9.90. The van der Waals surface area contributed by atoms with Crippen molar-refractivity contribution in [3.63, 3.8) is 0 Å². The van der Waals surface area contributed by atoms with E-state index in [1.165, 1.54) is 4.90 Å². The van der Waals surface area contributed by atoms with Crippen LogP contribution in [-0.4, -0.2) is 43.0 Å². The standard InChI is InChI=1S/C22H24ClN3O3/c1-13(2)25-21(27)18-19(14-5-9-16(10-6-14)24(3)4)26(29-20(18)22(25)28)17-11-7-15(23)8-12-17/h5-13,18-20H,1-4H3. The molecule has 0 aromatic heterocycles. The minimum absolute atomic E-state index is 0.187. The van der Waals surface area contributed by atoms with E-state index in [0.717, 1.165) is 16.9 Å². The van der Waals surface area contributed by atoms with E-state index in [1.807, 2.05) is 69.2 Å². The maximum atomic E-state index is 13.2. The molecule has 2 saturated heterocycles. The van der Waals surface area contributed by atoms with E-state index in [0.29, 0.717) is 5.02 Å². The molecule has 2 aliphatic heterocycles. The number of benzene rings is 2. The summed E-state index contributed by atoms with van der Waals surface area (Å²) in [5, 5.41) is 2.29. The Morgan fingerprint density at radius 2 is 1.59 bits per heavy atom. The fourth-order valence-corrected chi connectivity index (χ4v) is 4.19. The molecule has 0 aliphatic carbocycles. The van der Waals surface area contributed by atoms with Crippen LogP contribution in [0.15, 0.2) is 48.5 Å². The lowest BCUT2D eigenvalue weighted by Crippen LogP contribution is -2.41. The van der Waals surface area contributed by atoms with Crippen molar-refractivity contribution in [2.75, 3.05) is 24.1 Å². The highest BCUT2D eigenvalue weighted by atomic mass is 35.5. The molecule has 0 N–H and O–H groups in total. The highest BCUT2D eigenvalue weighted by molar-refractivity contribution is 6.30. The van der Waals surface area contributed by atoms with Gasteiger partial charge in [-0.05, 0) is 55.8 Å². The quantitative estimate of drug-likeness (QED) is 0.716. The summed E-state index contributed by atoms with van der Waals surface area (Å²) in [4.78, 5) is 35.5. The van der Waals surface area contributed by atoms with Gasteiger partial charge in [0.05, 0.1) is 11.7 Å². The summed E-state index contributed by atoms with van der Waals surface area (Å²) >= 11 is 6.04. The van der Waals surface area contributed by atoms with Crippen LogP contribution in [0.2, 0.25) is 5.02 Å². The van der Waals surface area contributed by atoms with Gasteiger partial charge in [0.15, 0.2) is 6.10 Å². The number of amides is 2. The minimum Gasteiger partial charge on any atom is -0.378 e. The van der Waals surface area contributed by atoms with Crippen molar-refractivity contribution in [1.82, 2.24) is 4.90 Å². The lowest BCUT2D eigenvalue weighted by Gasteiger charge is -2.30. The summed E-state index contributed by atoms with van der Waals surface area (Å²) in [5.74, 6) is -1.06. The minimum atomic E-state index is -0.820. The fourth-order valence-electron chi connectivity index (χ4n) is 4.07. The number of nitrogens with zero attached hydrogens (tertiary/aromatic N) is 3. The van der Waals surface area contributed by atoms with Crippen LogP contribution >= 0.6 is 11.6 Å². The molecule has 0 radical (unpaired) electrons. The van der Waals surface area contributed by atoms with E-state index < -0.39 is 18.1 Å². The summed E-state index contributed by atoms with van der Waals surface area (Å²) < 4.78 is 0. The molecule has 2 fully saturated rings. The van der Waals surface area contributed by atoms with E-state index >= 15 is 0 Å². The molecule has 7 heteroatoms. The molecule has 0 bridgehead atoms. The first-order valence-corrected chi connectivity index (χ1v) is 10.0. The second-order valence-electron chi connectivity index (χ2n) is 7.93. The van der Waals surface area contributed by atoms with E-state index in [9.17, 15) is 9.59 Å². The monoisotopic (exact) mass is 413 g/mol. The number of hydroxylamine groups is 1. The van der Waals surface area contributed by atoms with Crippen LogP contribution in [0, 0.1) is 5.92 Å². The molecule has 2 aromatic rings. The molecule has 0 saturated carbocycles. The van der Waals surface area contributed by atoms with Crippen molar-refractivity contribution in [2.24, 2.45) is 5.92 Å². The van der Waals surface area contributed by atoms with Gasteiger partial charge in [-0.25, -0.2) is 5.06 Å². The first-order chi connectivity index (χ1) is 13.8. The number of likely N-dealkylation sites (tertiary alicyclic amines) is 1. The van der Waals surface area contributed by atoms with Crippen LogP contribution in [0.1, 0.15) is 25.5 Å². The van der Waals surface area contributed by atoms with Gasteiger partial charge in [0.2, 0.25) is 5.91 Å². The Morgan fingerprint density at radius 3 is 2.14 bits per heavy atom. The molecular weight excluding hydrogens is 390 g/mol. The molecule has 3 unspecified atom stereocenters. The predicted molar refractivity (Wildman–Crippen MR) is 113 cm³/mol. The number of hydrogen-bond acceptors (Lipinski definition) is 5. The zero-order chi connectivity index (χ0) is 20.9. The van der Waals surface area contributed by atoms with Gasteiger partial charge in [-0.1, -0.05) is 23.7 Å². The number of rotatable bonds is 4. The van der Waals surface area contributed by atoms with E-state index in [4.69, 9.17) is 16.4 Å². The number of halogens is 1. The highest BCUT2D eigenvalue weighted by Gasteiger charge is 2.60. The van der Waals surface area contributed by atoms with Gasteiger partial charge < -0.3 is 4.90 Å². The molecular formula is C22H24ClN3O3. The number of hydrogen-bond donors (Lipinski definition) is 0. The molecule has 2 amide bonds. The Hall–Kier alpha value is -2.57. The van der Waals surface area contributed by atoms with Gasteiger partial charge >= 0.3 is 0 Å². The molecule has 6 nitrogen and oxygen atoms in total. The smallest absolute Gasteiger partial charge is 0.262 e. The second-order valence-corrected chi connectivity index (χ2v) is 8.36. The van der Waals surface area contributed by atoms with Crippen molar-refractivity contribution in [3.05, 3.63) is 59.1 Å². The van der Waals surface area contributed by atoms with Crippen molar-refractivity contribution >= 4 is 34.8 Å². The Balaban J connectivity index is 1.78. The van der Waals surface area contributed by atoms with Crippen molar-refractivity contribution in [2.45, 2.75) is 32.0 Å². The maximum absolute atomic E-state index is 13.2. The Kier molecular flexibility index (Phi) is 5.00. The lowest BCUT2D eigenvalue weighted by molar-refractivity contribution is -0.145. The van der Waals surface area contributed by atoms with Gasteiger partial charge in [-0.3, -0.25) is 19.3 Å².